The number of hydrogen-bond donors (Lipinski definition) is 2. The zero-order chi connectivity index (χ0) is 14.5. The minimum atomic E-state index is -0.561. The van der Waals surface area contributed by atoms with Gasteiger partial charge in [-0.1, -0.05) is 28.1 Å². The third kappa shape index (κ3) is 4.62. The Morgan fingerprint density at radius 2 is 1.95 bits per heavy atom. The fourth-order valence-electron chi connectivity index (χ4n) is 1.87. The number of hydrogen-bond acceptors (Lipinski definition) is 2. The van der Waals surface area contributed by atoms with Crippen molar-refractivity contribution in [2.24, 2.45) is 0 Å². The number of benzene rings is 1. The molecule has 0 aliphatic carbocycles. The van der Waals surface area contributed by atoms with E-state index >= 15 is 0 Å². The highest BCUT2D eigenvalue weighted by Crippen LogP contribution is 2.25. The standard InChI is InChI=1S/C15H22BrNO2/c1-11(5-4-10-18)17-14(19)15(2,3)12-6-8-13(16)9-7-12/h6-9,11,18H,4-5,10H2,1-3H3,(H,17,19). The summed E-state index contributed by atoms with van der Waals surface area (Å²) in [6.07, 6.45) is 1.50. The summed E-state index contributed by atoms with van der Waals surface area (Å²) >= 11 is 3.39. The number of rotatable bonds is 6. The molecule has 0 heterocycles. The highest BCUT2D eigenvalue weighted by molar-refractivity contribution is 9.10. The summed E-state index contributed by atoms with van der Waals surface area (Å²) in [5.41, 5.74) is 0.427. The van der Waals surface area contributed by atoms with Gasteiger partial charge in [0.25, 0.3) is 0 Å². The monoisotopic (exact) mass is 327 g/mol. The first kappa shape index (κ1) is 16.2. The van der Waals surface area contributed by atoms with E-state index in [9.17, 15) is 4.79 Å². The van der Waals surface area contributed by atoms with Crippen molar-refractivity contribution in [3.8, 4) is 0 Å². The number of aliphatic hydroxyl groups is 1. The molecule has 0 bridgehead atoms. The van der Waals surface area contributed by atoms with Crippen molar-refractivity contribution in [1.29, 1.82) is 0 Å². The van der Waals surface area contributed by atoms with E-state index < -0.39 is 5.41 Å². The second-order valence-electron chi connectivity index (χ2n) is 5.37. The number of carbonyl (C=O) groups excluding carboxylic acids is 1. The van der Waals surface area contributed by atoms with Gasteiger partial charge in [-0.25, -0.2) is 0 Å². The van der Waals surface area contributed by atoms with E-state index in [1.807, 2.05) is 45.0 Å². The molecule has 1 aromatic rings. The molecule has 106 valence electrons. The number of nitrogens with one attached hydrogen (secondary N) is 1. The Kier molecular flexibility index (Phi) is 6.01. The van der Waals surface area contributed by atoms with Crippen LogP contribution in [-0.2, 0) is 10.2 Å². The quantitative estimate of drug-likeness (QED) is 0.843. The molecular formula is C15H22BrNO2. The largest absolute Gasteiger partial charge is 0.396 e. The molecule has 0 fully saturated rings. The van der Waals surface area contributed by atoms with Crippen LogP contribution in [0.2, 0.25) is 0 Å². The van der Waals surface area contributed by atoms with E-state index in [0.29, 0.717) is 6.42 Å². The van der Waals surface area contributed by atoms with Crippen molar-refractivity contribution in [1.82, 2.24) is 5.32 Å². The molecule has 1 aromatic carbocycles. The van der Waals surface area contributed by atoms with Gasteiger partial charge >= 0.3 is 0 Å². The van der Waals surface area contributed by atoms with Crippen LogP contribution >= 0.6 is 15.9 Å². The van der Waals surface area contributed by atoms with Crippen molar-refractivity contribution < 1.29 is 9.90 Å². The molecule has 1 amide bonds. The lowest BCUT2D eigenvalue weighted by Crippen LogP contribution is -2.44. The molecule has 19 heavy (non-hydrogen) atoms. The Morgan fingerprint density at radius 3 is 2.47 bits per heavy atom. The Labute approximate surface area is 123 Å². The number of amides is 1. The summed E-state index contributed by atoms with van der Waals surface area (Å²) < 4.78 is 1.00. The molecule has 0 aliphatic heterocycles. The highest BCUT2D eigenvalue weighted by Gasteiger charge is 2.30. The van der Waals surface area contributed by atoms with Gasteiger partial charge in [0.05, 0.1) is 5.41 Å². The molecule has 0 radical (unpaired) electrons. The second-order valence-corrected chi connectivity index (χ2v) is 6.29. The molecule has 0 spiro atoms. The molecule has 4 heteroatoms. The van der Waals surface area contributed by atoms with Crippen LogP contribution < -0.4 is 5.32 Å². The van der Waals surface area contributed by atoms with Gasteiger partial charge in [0.1, 0.15) is 0 Å². The van der Waals surface area contributed by atoms with Gasteiger partial charge in [-0.15, -0.1) is 0 Å². The molecule has 1 atom stereocenters. The van der Waals surface area contributed by atoms with Gasteiger partial charge in [-0.3, -0.25) is 4.79 Å². The SMILES string of the molecule is CC(CCCO)NC(=O)C(C)(C)c1ccc(Br)cc1. The molecule has 1 rings (SSSR count). The molecule has 0 saturated carbocycles. The summed E-state index contributed by atoms with van der Waals surface area (Å²) in [4.78, 5) is 12.3. The van der Waals surface area contributed by atoms with E-state index in [4.69, 9.17) is 5.11 Å². The van der Waals surface area contributed by atoms with Crippen LogP contribution in [0.4, 0.5) is 0 Å². The molecule has 1 unspecified atom stereocenters. The van der Waals surface area contributed by atoms with Gasteiger partial charge in [-0.2, -0.15) is 0 Å². The summed E-state index contributed by atoms with van der Waals surface area (Å²) in [6.45, 7) is 5.97. The summed E-state index contributed by atoms with van der Waals surface area (Å²) in [6, 6.07) is 7.89. The van der Waals surface area contributed by atoms with E-state index in [-0.39, 0.29) is 18.6 Å². The van der Waals surface area contributed by atoms with Crippen LogP contribution in [0.25, 0.3) is 0 Å². The highest BCUT2D eigenvalue weighted by atomic mass is 79.9. The van der Waals surface area contributed by atoms with Crippen LogP contribution in [0.3, 0.4) is 0 Å². The zero-order valence-corrected chi connectivity index (χ0v) is 13.3. The van der Waals surface area contributed by atoms with Crippen molar-refractivity contribution in [2.45, 2.75) is 45.1 Å². The fraction of sp³-hybridized carbons (Fsp3) is 0.533. The van der Waals surface area contributed by atoms with Crippen LogP contribution in [0.15, 0.2) is 28.7 Å². The average molecular weight is 328 g/mol. The topological polar surface area (TPSA) is 49.3 Å². The van der Waals surface area contributed by atoms with Crippen molar-refractivity contribution >= 4 is 21.8 Å². The third-order valence-electron chi connectivity index (χ3n) is 3.31. The summed E-state index contributed by atoms with van der Waals surface area (Å²) in [5.74, 6) is 0.0141. The third-order valence-corrected chi connectivity index (χ3v) is 3.83. The minimum absolute atomic E-state index is 0.0141. The number of aliphatic hydroxyl groups excluding tert-OH is 1. The van der Waals surface area contributed by atoms with Gasteiger partial charge in [0.15, 0.2) is 0 Å². The van der Waals surface area contributed by atoms with E-state index in [0.717, 1.165) is 16.5 Å². The Balaban J connectivity index is 2.71. The maximum Gasteiger partial charge on any atom is 0.230 e. The zero-order valence-electron chi connectivity index (χ0n) is 11.7. The second kappa shape index (κ2) is 7.06. The van der Waals surface area contributed by atoms with E-state index in [1.54, 1.807) is 0 Å². The van der Waals surface area contributed by atoms with Gasteiger partial charge < -0.3 is 10.4 Å². The predicted molar refractivity (Wildman–Crippen MR) is 81.1 cm³/mol. The lowest BCUT2D eigenvalue weighted by atomic mass is 9.83. The molecule has 0 aliphatic rings. The lowest BCUT2D eigenvalue weighted by Gasteiger charge is -2.26. The van der Waals surface area contributed by atoms with Crippen molar-refractivity contribution in [3.05, 3.63) is 34.3 Å². The van der Waals surface area contributed by atoms with Crippen molar-refractivity contribution in [2.75, 3.05) is 6.61 Å². The number of carbonyl (C=O) groups is 1. The van der Waals surface area contributed by atoms with E-state index in [1.165, 1.54) is 0 Å². The predicted octanol–water partition coefficient (Wildman–Crippen LogP) is 3.00. The molecule has 0 aromatic heterocycles. The number of halogens is 1. The summed E-state index contributed by atoms with van der Waals surface area (Å²) in [7, 11) is 0. The molecule has 0 saturated heterocycles. The van der Waals surface area contributed by atoms with Crippen molar-refractivity contribution in [3.63, 3.8) is 0 Å². The van der Waals surface area contributed by atoms with Crippen LogP contribution in [0.1, 0.15) is 39.2 Å². The maximum absolute atomic E-state index is 12.3. The van der Waals surface area contributed by atoms with Gasteiger partial charge in [0.2, 0.25) is 5.91 Å². The minimum Gasteiger partial charge on any atom is -0.396 e. The maximum atomic E-state index is 12.3. The van der Waals surface area contributed by atoms with Gasteiger partial charge in [-0.05, 0) is 51.3 Å². The summed E-state index contributed by atoms with van der Waals surface area (Å²) in [5, 5.41) is 11.8. The first-order valence-electron chi connectivity index (χ1n) is 6.55. The van der Waals surface area contributed by atoms with Crippen LogP contribution in [0, 0.1) is 0 Å². The van der Waals surface area contributed by atoms with Gasteiger partial charge in [0, 0.05) is 17.1 Å². The molecular weight excluding hydrogens is 306 g/mol. The Hall–Kier alpha value is -0.870. The lowest BCUT2D eigenvalue weighted by molar-refractivity contribution is -0.126. The fourth-order valence-corrected chi connectivity index (χ4v) is 2.14. The van der Waals surface area contributed by atoms with E-state index in [2.05, 4.69) is 21.2 Å². The Bertz CT molecular complexity index is 415. The first-order chi connectivity index (χ1) is 8.87. The smallest absolute Gasteiger partial charge is 0.230 e. The molecule has 3 nitrogen and oxygen atoms in total. The van der Waals surface area contributed by atoms with Crippen LogP contribution in [0.5, 0.6) is 0 Å². The first-order valence-corrected chi connectivity index (χ1v) is 7.35. The Morgan fingerprint density at radius 1 is 1.37 bits per heavy atom. The van der Waals surface area contributed by atoms with Crippen LogP contribution in [-0.4, -0.2) is 23.7 Å². The molecule has 2 N–H and O–H groups in total. The normalized spacial score (nSPS) is 13.1. The average Bonchev–Trinajstić information content (AvgIpc) is 2.36.